The summed E-state index contributed by atoms with van der Waals surface area (Å²) in [6.45, 7) is 31.4. The van der Waals surface area contributed by atoms with Crippen LogP contribution in [-0.4, -0.2) is 61.3 Å². The maximum absolute atomic E-state index is 3.93. The van der Waals surface area contributed by atoms with Crippen molar-refractivity contribution in [1.82, 2.24) is 0 Å². The van der Waals surface area contributed by atoms with Crippen LogP contribution in [0.4, 0.5) is 0 Å². The fourth-order valence-electron chi connectivity index (χ4n) is 3.38. The van der Waals surface area contributed by atoms with Crippen molar-refractivity contribution in [3.05, 3.63) is 75.9 Å². The van der Waals surface area contributed by atoms with E-state index in [0.717, 1.165) is 67.7 Å². The highest BCUT2D eigenvalue weighted by molar-refractivity contribution is 4.78. The van der Waals surface area contributed by atoms with Crippen LogP contribution in [0.1, 0.15) is 6.42 Å². The van der Waals surface area contributed by atoms with Gasteiger partial charge >= 0.3 is 0 Å². The third-order valence-electron chi connectivity index (χ3n) is 4.36. The highest BCUT2D eigenvalue weighted by Gasteiger charge is 2.27. The summed E-state index contributed by atoms with van der Waals surface area (Å²) in [5, 5.41) is 0. The highest BCUT2D eigenvalue weighted by Crippen LogP contribution is 2.14. The van der Waals surface area contributed by atoms with Crippen LogP contribution in [-0.2, 0) is 0 Å². The lowest BCUT2D eigenvalue weighted by molar-refractivity contribution is -0.930. The molecule has 0 fully saturated rings. The Bertz CT molecular complexity index is 325. The van der Waals surface area contributed by atoms with E-state index in [1.54, 1.807) is 0 Å². The summed E-state index contributed by atoms with van der Waals surface area (Å²) in [5.74, 6) is 0. The van der Waals surface area contributed by atoms with Gasteiger partial charge in [0.15, 0.2) is 0 Å². The molecule has 4 heteroatoms. The summed E-state index contributed by atoms with van der Waals surface area (Å²) in [6.07, 6.45) is 13.2. The molecule has 0 aromatic heterocycles. The molecule has 0 unspecified atom stereocenters. The molecule has 0 bridgehead atoms. The molecule has 0 aliphatic heterocycles. The first-order chi connectivity index (χ1) is 11.1. The second-order valence-corrected chi connectivity index (χ2v) is 6.31. The summed E-state index contributed by atoms with van der Waals surface area (Å²) < 4.78 is 1.90. The van der Waals surface area contributed by atoms with Gasteiger partial charge in [-0.25, -0.2) is 0 Å². The van der Waals surface area contributed by atoms with Gasteiger partial charge in [0.05, 0.1) is 52.4 Å². The Morgan fingerprint density at radius 3 is 0.800 bits per heavy atom. The van der Waals surface area contributed by atoms with Gasteiger partial charge < -0.3 is 18.4 Å². The molecular weight excluding hydrogens is 318 g/mol. The first-order valence-electron chi connectivity index (χ1n) is 8.43. The zero-order chi connectivity index (χ0) is 17.6. The SMILES string of the molecule is C=CC[N+](CC=C)(CC=C)CCC[N+](CC=C)(CC=C)CC=C.[F-].[F-]. The number of hydrogen-bond acceptors (Lipinski definition) is 0. The number of nitrogens with zero attached hydrogens (tertiary/aromatic N) is 2. The van der Waals surface area contributed by atoms with Crippen LogP contribution in [0, 0.1) is 0 Å². The lowest BCUT2D eigenvalue weighted by Gasteiger charge is -2.39. The van der Waals surface area contributed by atoms with Gasteiger partial charge in [0.25, 0.3) is 0 Å². The summed E-state index contributed by atoms with van der Waals surface area (Å²) >= 11 is 0. The van der Waals surface area contributed by atoms with Crippen molar-refractivity contribution in [2.75, 3.05) is 52.4 Å². The Kier molecular flexibility index (Phi) is 17.6. The van der Waals surface area contributed by atoms with Crippen molar-refractivity contribution in [3.8, 4) is 0 Å². The third kappa shape index (κ3) is 9.95. The molecule has 0 saturated carbocycles. The van der Waals surface area contributed by atoms with Gasteiger partial charge in [0.2, 0.25) is 0 Å². The monoisotopic (exact) mass is 354 g/mol. The molecule has 0 spiro atoms. The van der Waals surface area contributed by atoms with Crippen LogP contribution < -0.4 is 9.41 Å². The van der Waals surface area contributed by atoms with Crippen molar-refractivity contribution in [2.45, 2.75) is 6.42 Å². The van der Waals surface area contributed by atoms with Crippen molar-refractivity contribution in [1.29, 1.82) is 0 Å². The Morgan fingerprint density at radius 2 is 0.640 bits per heavy atom. The molecule has 0 aliphatic carbocycles. The minimum atomic E-state index is 0. The predicted molar refractivity (Wildman–Crippen MR) is 105 cm³/mol. The summed E-state index contributed by atoms with van der Waals surface area (Å²) in [5.41, 5.74) is 0. The van der Waals surface area contributed by atoms with E-state index in [4.69, 9.17) is 0 Å². The summed E-state index contributed by atoms with van der Waals surface area (Å²) in [4.78, 5) is 0. The van der Waals surface area contributed by atoms with Crippen molar-refractivity contribution in [3.63, 3.8) is 0 Å². The minimum Gasteiger partial charge on any atom is -1.00 e. The minimum absolute atomic E-state index is 0. The fourth-order valence-corrected chi connectivity index (χ4v) is 3.38. The fraction of sp³-hybridized carbons (Fsp3) is 0.429. The first kappa shape index (κ1) is 28.0. The molecule has 0 aromatic rings. The number of quaternary nitrogens is 2. The predicted octanol–water partition coefficient (Wildman–Crippen LogP) is -1.87. The van der Waals surface area contributed by atoms with Gasteiger partial charge in [-0.1, -0.05) is 39.5 Å². The quantitative estimate of drug-likeness (QED) is 0.225. The molecule has 0 saturated heterocycles. The Balaban J connectivity index is -0.00000242. The van der Waals surface area contributed by atoms with Crippen molar-refractivity contribution in [2.24, 2.45) is 0 Å². The molecule has 0 amide bonds. The topological polar surface area (TPSA) is 0 Å². The van der Waals surface area contributed by atoms with Crippen LogP contribution in [0.15, 0.2) is 75.9 Å². The standard InChI is InChI=1S/C21H36N2.2FH/c1-7-14-22(15-8-2,16-9-3)20-13-21-23(17-10-4,18-11-5)19-12-6;;/h7-12H,1-6,13-21H2;2*1H/q+2;;/p-2. The lowest BCUT2D eigenvalue weighted by Crippen LogP contribution is -3.00. The molecule has 0 aromatic carbocycles. The smallest absolute Gasteiger partial charge is 0.0975 e. The molecule has 25 heavy (non-hydrogen) atoms. The summed E-state index contributed by atoms with van der Waals surface area (Å²) in [7, 11) is 0. The zero-order valence-corrected chi connectivity index (χ0v) is 15.7. The van der Waals surface area contributed by atoms with Gasteiger partial charge in [-0.15, -0.1) is 0 Å². The molecule has 0 N–H and O–H groups in total. The number of hydrogen-bond donors (Lipinski definition) is 0. The average molecular weight is 355 g/mol. The van der Waals surface area contributed by atoms with Crippen molar-refractivity contribution < 1.29 is 18.4 Å². The molecule has 0 heterocycles. The van der Waals surface area contributed by atoms with Gasteiger partial charge in [-0.05, 0) is 36.5 Å². The highest BCUT2D eigenvalue weighted by atomic mass is 19.0. The third-order valence-corrected chi connectivity index (χ3v) is 4.36. The van der Waals surface area contributed by atoms with E-state index in [-0.39, 0.29) is 9.41 Å². The molecule has 0 radical (unpaired) electrons. The van der Waals surface area contributed by atoms with E-state index in [9.17, 15) is 0 Å². The van der Waals surface area contributed by atoms with Gasteiger partial charge in [0, 0.05) is 6.42 Å². The first-order valence-corrected chi connectivity index (χ1v) is 8.43. The van der Waals surface area contributed by atoms with E-state index in [1.807, 2.05) is 36.5 Å². The molecular formula is C21H36F2N2. The number of halogens is 2. The van der Waals surface area contributed by atoms with Crippen LogP contribution in [0.5, 0.6) is 0 Å². The van der Waals surface area contributed by atoms with Gasteiger partial charge in [0.1, 0.15) is 0 Å². The van der Waals surface area contributed by atoms with E-state index in [1.165, 1.54) is 0 Å². The lowest BCUT2D eigenvalue weighted by atomic mass is 10.2. The second-order valence-electron chi connectivity index (χ2n) is 6.31. The van der Waals surface area contributed by atoms with E-state index in [2.05, 4.69) is 39.5 Å². The largest absolute Gasteiger partial charge is 1.00 e. The van der Waals surface area contributed by atoms with E-state index >= 15 is 0 Å². The van der Waals surface area contributed by atoms with E-state index in [0.29, 0.717) is 0 Å². The van der Waals surface area contributed by atoms with E-state index < -0.39 is 0 Å². The van der Waals surface area contributed by atoms with Gasteiger partial charge in [-0.3, -0.25) is 0 Å². The van der Waals surface area contributed by atoms with Gasteiger partial charge in [-0.2, -0.15) is 0 Å². The molecule has 144 valence electrons. The van der Waals surface area contributed by atoms with Crippen LogP contribution in [0.3, 0.4) is 0 Å². The Hall–Kier alpha value is -1.78. The average Bonchev–Trinajstić information content (AvgIpc) is 2.49. The van der Waals surface area contributed by atoms with Crippen LogP contribution in [0.25, 0.3) is 0 Å². The van der Waals surface area contributed by atoms with Crippen molar-refractivity contribution >= 4 is 0 Å². The maximum Gasteiger partial charge on any atom is 0.0975 e. The summed E-state index contributed by atoms with van der Waals surface area (Å²) in [6, 6.07) is 0. The van der Waals surface area contributed by atoms with Crippen LogP contribution >= 0.6 is 0 Å². The molecule has 0 rings (SSSR count). The Morgan fingerprint density at radius 1 is 0.440 bits per heavy atom. The second kappa shape index (κ2) is 15.7. The normalized spacial score (nSPS) is 10.6. The zero-order valence-electron chi connectivity index (χ0n) is 15.7. The van der Waals surface area contributed by atoms with Crippen LogP contribution in [0.2, 0.25) is 0 Å². The maximum atomic E-state index is 3.93. The molecule has 0 atom stereocenters. The number of rotatable bonds is 16. The molecule has 0 aliphatic rings. The molecule has 2 nitrogen and oxygen atoms in total. The Labute approximate surface area is 153 Å².